The van der Waals surface area contributed by atoms with E-state index in [-0.39, 0.29) is 5.57 Å². The van der Waals surface area contributed by atoms with E-state index >= 15 is 0 Å². The van der Waals surface area contributed by atoms with E-state index in [9.17, 15) is 4.79 Å². The zero-order valence-electron chi connectivity index (χ0n) is 5.77. The maximum absolute atomic E-state index is 10.3. The van der Waals surface area contributed by atoms with E-state index in [1.807, 2.05) is 0 Å². The third-order valence-corrected chi connectivity index (χ3v) is 1.26. The molecule has 0 atom stereocenters. The molecule has 0 radical (unpaired) electrons. The van der Waals surface area contributed by atoms with E-state index in [0.29, 0.717) is 11.8 Å². The van der Waals surface area contributed by atoms with Crippen molar-refractivity contribution in [3.05, 3.63) is 36.4 Å². The minimum Gasteiger partial charge on any atom is -0.515 e. The van der Waals surface area contributed by atoms with E-state index in [4.69, 9.17) is 5.11 Å². The number of aromatic nitrogens is 1. The van der Waals surface area contributed by atoms with Gasteiger partial charge in [0.15, 0.2) is 6.29 Å². The van der Waals surface area contributed by atoms with Crippen molar-refractivity contribution in [3.8, 4) is 0 Å². The Bertz CT molecular complexity index is 267. The molecule has 0 aliphatic heterocycles. The van der Waals surface area contributed by atoms with Gasteiger partial charge in [-0.2, -0.15) is 0 Å². The first-order valence-corrected chi connectivity index (χ1v) is 3.08. The van der Waals surface area contributed by atoms with E-state index < -0.39 is 0 Å². The van der Waals surface area contributed by atoms with Crippen LogP contribution < -0.4 is 0 Å². The molecule has 11 heavy (non-hydrogen) atoms. The minimum atomic E-state index is 0.234. The van der Waals surface area contributed by atoms with Crippen LogP contribution in [-0.2, 0) is 4.79 Å². The molecule has 1 rings (SSSR count). The van der Waals surface area contributed by atoms with Crippen molar-refractivity contribution in [2.24, 2.45) is 0 Å². The molecule has 0 fully saturated rings. The minimum absolute atomic E-state index is 0.234. The van der Waals surface area contributed by atoms with Gasteiger partial charge in [0.05, 0.1) is 11.8 Å². The number of allylic oxidation sites excluding steroid dienone is 1. The molecule has 3 nitrogen and oxygen atoms in total. The van der Waals surface area contributed by atoms with Crippen LogP contribution in [0.5, 0.6) is 0 Å². The zero-order valence-corrected chi connectivity index (χ0v) is 5.77. The van der Waals surface area contributed by atoms with Crippen LogP contribution in [0, 0.1) is 0 Å². The Morgan fingerprint density at radius 1 is 1.64 bits per heavy atom. The highest BCUT2D eigenvalue weighted by Crippen LogP contribution is 2.07. The summed E-state index contributed by atoms with van der Waals surface area (Å²) in [5.74, 6) is 0. The lowest BCUT2D eigenvalue weighted by Crippen LogP contribution is -1.85. The van der Waals surface area contributed by atoms with Crippen LogP contribution in [0.3, 0.4) is 0 Å². The number of aldehydes is 1. The average molecular weight is 149 g/mol. The van der Waals surface area contributed by atoms with Crippen LogP contribution >= 0.6 is 0 Å². The third kappa shape index (κ3) is 1.64. The molecule has 3 heteroatoms. The average Bonchev–Trinajstić information content (AvgIpc) is 2.09. The smallest absolute Gasteiger partial charge is 0.153 e. The van der Waals surface area contributed by atoms with Crippen LogP contribution in [-0.4, -0.2) is 16.4 Å². The maximum atomic E-state index is 10.3. The summed E-state index contributed by atoms with van der Waals surface area (Å²) in [5.41, 5.74) is 0.850. The Balaban J connectivity index is 3.01. The van der Waals surface area contributed by atoms with Crippen LogP contribution in [0.15, 0.2) is 30.8 Å². The lowest BCUT2D eigenvalue weighted by atomic mass is 10.1. The highest BCUT2D eigenvalue weighted by Gasteiger charge is 1.97. The van der Waals surface area contributed by atoms with Crippen LogP contribution in [0.1, 0.15) is 5.56 Å². The SMILES string of the molecule is O=C/C(=C\O)c1cccnc1. The first-order valence-electron chi connectivity index (χ1n) is 3.08. The highest BCUT2D eigenvalue weighted by molar-refractivity contribution is 6.06. The molecular weight excluding hydrogens is 142 g/mol. The summed E-state index contributed by atoms with van der Waals surface area (Å²) in [4.78, 5) is 14.1. The molecule has 0 bridgehead atoms. The number of pyridine rings is 1. The summed E-state index contributed by atoms with van der Waals surface area (Å²) in [6.45, 7) is 0. The van der Waals surface area contributed by atoms with E-state index in [1.165, 1.54) is 6.20 Å². The van der Waals surface area contributed by atoms with Crippen LogP contribution in [0.2, 0.25) is 0 Å². The molecule has 1 aromatic heterocycles. The monoisotopic (exact) mass is 149 g/mol. The fourth-order valence-electron chi connectivity index (χ4n) is 0.707. The summed E-state index contributed by atoms with van der Waals surface area (Å²) >= 11 is 0. The Labute approximate surface area is 64.0 Å². The summed E-state index contributed by atoms with van der Waals surface area (Å²) in [6.07, 6.45) is 4.46. The van der Waals surface area contributed by atoms with Gasteiger partial charge in [-0.15, -0.1) is 0 Å². The molecule has 56 valence electrons. The van der Waals surface area contributed by atoms with Gasteiger partial charge >= 0.3 is 0 Å². The first kappa shape index (κ1) is 7.47. The van der Waals surface area contributed by atoms with Gasteiger partial charge in [-0.3, -0.25) is 9.78 Å². The van der Waals surface area contributed by atoms with Crippen molar-refractivity contribution in [2.45, 2.75) is 0 Å². The largest absolute Gasteiger partial charge is 0.515 e. The summed E-state index contributed by atoms with van der Waals surface area (Å²) < 4.78 is 0. The normalized spacial score (nSPS) is 11.1. The van der Waals surface area contributed by atoms with Gasteiger partial charge in [-0.1, -0.05) is 6.07 Å². The number of hydrogen-bond acceptors (Lipinski definition) is 3. The number of nitrogens with zero attached hydrogens (tertiary/aromatic N) is 1. The van der Waals surface area contributed by atoms with E-state index in [2.05, 4.69) is 4.98 Å². The Morgan fingerprint density at radius 3 is 2.91 bits per heavy atom. The number of carbonyl (C=O) groups excluding carboxylic acids is 1. The standard InChI is InChI=1S/C8H7NO2/c10-5-8(6-11)7-2-1-3-9-4-7/h1-6,10H/b8-5+. The lowest BCUT2D eigenvalue weighted by molar-refractivity contribution is -0.103. The Morgan fingerprint density at radius 2 is 2.45 bits per heavy atom. The van der Waals surface area contributed by atoms with Crippen molar-refractivity contribution in [3.63, 3.8) is 0 Å². The number of rotatable bonds is 2. The summed E-state index contributed by atoms with van der Waals surface area (Å²) in [7, 11) is 0. The second-order valence-electron chi connectivity index (χ2n) is 1.94. The Hall–Kier alpha value is -1.64. The van der Waals surface area contributed by atoms with Gasteiger partial charge in [0.2, 0.25) is 0 Å². The topological polar surface area (TPSA) is 50.2 Å². The van der Waals surface area contributed by atoms with Gasteiger partial charge in [-0.05, 0) is 6.07 Å². The maximum Gasteiger partial charge on any atom is 0.153 e. The molecule has 0 aliphatic rings. The predicted molar refractivity (Wildman–Crippen MR) is 40.9 cm³/mol. The molecular formula is C8H7NO2. The summed E-state index contributed by atoms with van der Waals surface area (Å²) in [5, 5.41) is 8.56. The second kappa shape index (κ2) is 3.51. The Kier molecular flexibility index (Phi) is 2.38. The molecule has 0 saturated heterocycles. The first-order chi connectivity index (χ1) is 5.38. The molecule has 0 amide bonds. The molecule has 0 unspecified atom stereocenters. The fraction of sp³-hybridized carbons (Fsp3) is 0. The molecule has 1 aromatic rings. The molecule has 0 spiro atoms. The van der Waals surface area contributed by atoms with Gasteiger partial charge in [0.25, 0.3) is 0 Å². The second-order valence-corrected chi connectivity index (χ2v) is 1.94. The van der Waals surface area contributed by atoms with Gasteiger partial charge in [0, 0.05) is 18.0 Å². The molecule has 0 aromatic carbocycles. The van der Waals surface area contributed by atoms with E-state index in [0.717, 1.165) is 6.26 Å². The number of aliphatic hydroxyl groups excluding tert-OH is 1. The van der Waals surface area contributed by atoms with Crippen molar-refractivity contribution in [2.75, 3.05) is 0 Å². The highest BCUT2D eigenvalue weighted by atomic mass is 16.2. The fourth-order valence-corrected chi connectivity index (χ4v) is 0.707. The number of hydrogen-bond donors (Lipinski definition) is 1. The molecule has 1 N–H and O–H groups in total. The van der Waals surface area contributed by atoms with Crippen molar-refractivity contribution >= 4 is 11.9 Å². The third-order valence-electron chi connectivity index (χ3n) is 1.26. The molecule has 0 saturated carbocycles. The van der Waals surface area contributed by atoms with Crippen LogP contribution in [0.25, 0.3) is 5.57 Å². The van der Waals surface area contributed by atoms with Gasteiger partial charge in [0.1, 0.15) is 0 Å². The van der Waals surface area contributed by atoms with Crippen LogP contribution in [0.4, 0.5) is 0 Å². The lowest BCUT2D eigenvalue weighted by Gasteiger charge is -1.94. The number of aliphatic hydroxyl groups is 1. The molecule has 1 heterocycles. The van der Waals surface area contributed by atoms with Gasteiger partial charge < -0.3 is 5.11 Å². The number of carbonyl (C=O) groups is 1. The predicted octanol–water partition coefficient (Wildman–Crippen LogP) is 1.18. The van der Waals surface area contributed by atoms with Crippen molar-refractivity contribution < 1.29 is 9.90 Å². The quantitative estimate of drug-likeness (QED) is 0.390. The van der Waals surface area contributed by atoms with Crippen molar-refractivity contribution in [1.29, 1.82) is 0 Å². The summed E-state index contributed by atoms with van der Waals surface area (Å²) in [6, 6.07) is 3.39. The van der Waals surface area contributed by atoms with Gasteiger partial charge in [-0.25, -0.2) is 0 Å². The van der Waals surface area contributed by atoms with Crippen molar-refractivity contribution in [1.82, 2.24) is 4.98 Å². The zero-order chi connectivity index (χ0) is 8.10. The molecule has 0 aliphatic carbocycles. The van der Waals surface area contributed by atoms with E-state index in [1.54, 1.807) is 18.3 Å².